The number of hydrogen-bond donors (Lipinski definition) is 1. The molecule has 0 saturated heterocycles. The fourth-order valence-corrected chi connectivity index (χ4v) is 3.01. The Balaban J connectivity index is 1.61. The third kappa shape index (κ3) is 3.89. The van der Waals surface area contributed by atoms with Crippen molar-refractivity contribution in [2.45, 2.75) is 6.42 Å². The number of nitrogens with one attached hydrogen (secondary N) is 1. The average molecular weight is 362 g/mol. The van der Waals surface area contributed by atoms with E-state index in [2.05, 4.69) is 16.9 Å². The van der Waals surface area contributed by atoms with E-state index in [-0.39, 0.29) is 11.8 Å². The van der Waals surface area contributed by atoms with Gasteiger partial charge >= 0.3 is 0 Å². The summed E-state index contributed by atoms with van der Waals surface area (Å²) < 4.78 is 1.99. The van der Waals surface area contributed by atoms with Gasteiger partial charge in [-0.1, -0.05) is 6.58 Å². The number of carbonyl (C=O) groups is 2. The molecule has 138 valence electrons. The fourth-order valence-electron chi connectivity index (χ4n) is 3.01. The van der Waals surface area contributed by atoms with E-state index >= 15 is 0 Å². The SMILES string of the molecule is C=CC(=O)N(C)c1ccc(C(=O)NCCc2cn(C)c3ncccc23)cc1. The maximum atomic E-state index is 12.3. The minimum absolute atomic E-state index is 0.141. The molecule has 27 heavy (non-hydrogen) atoms. The lowest BCUT2D eigenvalue weighted by molar-refractivity contribution is -0.113. The molecule has 0 spiro atoms. The molecule has 6 nitrogen and oxygen atoms in total. The first-order valence-corrected chi connectivity index (χ1v) is 8.68. The molecule has 1 aromatic carbocycles. The van der Waals surface area contributed by atoms with Crippen LogP contribution in [0.1, 0.15) is 15.9 Å². The number of benzene rings is 1. The Kier molecular flexibility index (Phi) is 5.35. The highest BCUT2D eigenvalue weighted by molar-refractivity contribution is 6.01. The van der Waals surface area contributed by atoms with Gasteiger partial charge in [0.15, 0.2) is 0 Å². The maximum absolute atomic E-state index is 12.3. The topological polar surface area (TPSA) is 67.2 Å². The van der Waals surface area contributed by atoms with Gasteiger partial charge in [-0.3, -0.25) is 9.59 Å². The molecule has 0 unspecified atom stereocenters. The number of aryl methyl sites for hydroxylation is 1. The van der Waals surface area contributed by atoms with Crippen molar-refractivity contribution in [1.82, 2.24) is 14.9 Å². The highest BCUT2D eigenvalue weighted by Gasteiger charge is 2.11. The number of amides is 2. The van der Waals surface area contributed by atoms with Crippen molar-refractivity contribution < 1.29 is 9.59 Å². The van der Waals surface area contributed by atoms with E-state index in [1.807, 2.05) is 29.9 Å². The number of nitrogens with zero attached hydrogens (tertiary/aromatic N) is 3. The Labute approximate surface area is 158 Å². The standard InChI is InChI=1S/C21H22N4O2/c1-4-19(26)25(3)17-9-7-15(8-10-17)21(27)23-13-11-16-14-24(2)20-18(16)6-5-12-22-20/h4-10,12,14H,1,11,13H2,2-3H3,(H,23,27). The molecular weight excluding hydrogens is 340 g/mol. The fraction of sp³-hybridized carbons (Fsp3) is 0.190. The Morgan fingerprint density at radius 3 is 2.70 bits per heavy atom. The molecule has 0 fully saturated rings. The van der Waals surface area contributed by atoms with E-state index in [0.29, 0.717) is 17.8 Å². The van der Waals surface area contributed by atoms with E-state index in [4.69, 9.17) is 0 Å². The number of carbonyl (C=O) groups excluding carboxylic acids is 2. The van der Waals surface area contributed by atoms with Crippen molar-refractivity contribution >= 4 is 28.5 Å². The van der Waals surface area contributed by atoms with Crippen molar-refractivity contribution in [3.8, 4) is 0 Å². The van der Waals surface area contributed by atoms with Gasteiger partial charge < -0.3 is 14.8 Å². The molecule has 0 saturated carbocycles. The number of anilines is 1. The predicted molar refractivity (Wildman–Crippen MR) is 107 cm³/mol. The van der Waals surface area contributed by atoms with Gasteiger partial charge in [-0.05, 0) is 54.5 Å². The van der Waals surface area contributed by atoms with Gasteiger partial charge in [0.1, 0.15) is 5.65 Å². The zero-order valence-corrected chi connectivity index (χ0v) is 15.5. The van der Waals surface area contributed by atoms with Crippen molar-refractivity contribution in [2.75, 3.05) is 18.5 Å². The molecule has 2 amide bonds. The van der Waals surface area contributed by atoms with Crippen LogP contribution in [0.5, 0.6) is 0 Å². The summed E-state index contributed by atoms with van der Waals surface area (Å²) in [6.45, 7) is 4.00. The molecule has 6 heteroatoms. The average Bonchev–Trinajstić information content (AvgIpc) is 3.03. The lowest BCUT2D eigenvalue weighted by atomic mass is 10.1. The second kappa shape index (κ2) is 7.86. The Morgan fingerprint density at radius 1 is 1.26 bits per heavy atom. The Hall–Kier alpha value is -3.41. The van der Waals surface area contributed by atoms with E-state index < -0.39 is 0 Å². The third-order valence-electron chi connectivity index (χ3n) is 4.52. The Morgan fingerprint density at radius 2 is 2.00 bits per heavy atom. The van der Waals surface area contributed by atoms with E-state index in [9.17, 15) is 9.59 Å². The lowest BCUT2D eigenvalue weighted by Crippen LogP contribution is -2.26. The summed E-state index contributed by atoms with van der Waals surface area (Å²) in [6.07, 6.45) is 5.80. The van der Waals surface area contributed by atoms with Crippen LogP contribution in [-0.4, -0.2) is 35.0 Å². The summed E-state index contributed by atoms with van der Waals surface area (Å²) in [6, 6.07) is 10.9. The van der Waals surface area contributed by atoms with E-state index in [0.717, 1.165) is 23.0 Å². The van der Waals surface area contributed by atoms with Crippen LogP contribution in [0.4, 0.5) is 5.69 Å². The smallest absolute Gasteiger partial charge is 0.251 e. The van der Waals surface area contributed by atoms with Gasteiger partial charge in [0.05, 0.1) is 0 Å². The van der Waals surface area contributed by atoms with Crippen LogP contribution in [0.15, 0.2) is 61.4 Å². The third-order valence-corrected chi connectivity index (χ3v) is 4.52. The molecular formula is C21H22N4O2. The molecule has 0 aliphatic carbocycles. The van der Waals surface area contributed by atoms with Crippen molar-refractivity contribution in [3.05, 3.63) is 72.6 Å². The maximum Gasteiger partial charge on any atom is 0.251 e. The molecule has 0 atom stereocenters. The first-order chi connectivity index (χ1) is 13.0. The number of hydrogen-bond acceptors (Lipinski definition) is 3. The molecule has 0 aliphatic rings. The second-order valence-electron chi connectivity index (χ2n) is 6.29. The van der Waals surface area contributed by atoms with Crippen LogP contribution in [0, 0.1) is 0 Å². The van der Waals surface area contributed by atoms with Gasteiger partial charge in [0, 0.05) is 49.7 Å². The first kappa shape index (κ1) is 18.4. The van der Waals surface area contributed by atoms with Crippen LogP contribution in [0.3, 0.4) is 0 Å². The summed E-state index contributed by atoms with van der Waals surface area (Å²) in [5.41, 5.74) is 3.35. The summed E-state index contributed by atoms with van der Waals surface area (Å²) >= 11 is 0. The molecule has 1 N–H and O–H groups in total. The minimum atomic E-state index is -0.197. The zero-order chi connectivity index (χ0) is 19.4. The first-order valence-electron chi connectivity index (χ1n) is 8.68. The largest absolute Gasteiger partial charge is 0.352 e. The van der Waals surface area contributed by atoms with Gasteiger partial charge in [-0.15, -0.1) is 0 Å². The minimum Gasteiger partial charge on any atom is -0.352 e. The molecule has 0 aliphatic heterocycles. The summed E-state index contributed by atoms with van der Waals surface area (Å²) in [4.78, 5) is 29.8. The number of likely N-dealkylation sites (N-methyl/N-ethyl adjacent to an activating group) is 1. The molecule has 3 rings (SSSR count). The molecule has 2 aromatic heterocycles. The highest BCUT2D eigenvalue weighted by atomic mass is 16.2. The zero-order valence-electron chi connectivity index (χ0n) is 15.5. The quantitative estimate of drug-likeness (QED) is 0.686. The van der Waals surface area contributed by atoms with Gasteiger partial charge in [0.25, 0.3) is 5.91 Å². The molecule has 0 bridgehead atoms. The van der Waals surface area contributed by atoms with Gasteiger partial charge in [0.2, 0.25) is 5.91 Å². The van der Waals surface area contributed by atoms with Gasteiger partial charge in [-0.25, -0.2) is 4.98 Å². The Bertz CT molecular complexity index is 989. The van der Waals surface area contributed by atoms with Crippen LogP contribution in [0.25, 0.3) is 11.0 Å². The van der Waals surface area contributed by atoms with E-state index in [1.165, 1.54) is 11.0 Å². The number of pyridine rings is 1. The highest BCUT2D eigenvalue weighted by Crippen LogP contribution is 2.18. The van der Waals surface area contributed by atoms with Crippen LogP contribution >= 0.6 is 0 Å². The predicted octanol–water partition coefficient (Wildman–Crippen LogP) is 2.69. The van der Waals surface area contributed by atoms with Crippen molar-refractivity contribution in [2.24, 2.45) is 7.05 Å². The van der Waals surface area contributed by atoms with Crippen molar-refractivity contribution in [3.63, 3.8) is 0 Å². The normalized spacial score (nSPS) is 10.6. The van der Waals surface area contributed by atoms with Crippen molar-refractivity contribution in [1.29, 1.82) is 0 Å². The second-order valence-corrected chi connectivity index (χ2v) is 6.29. The molecule has 2 heterocycles. The number of rotatable bonds is 6. The number of fused-ring (bicyclic) bond motifs is 1. The molecule has 3 aromatic rings. The van der Waals surface area contributed by atoms with E-state index in [1.54, 1.807) is 37.5 Å². The summed E-state index contributed by atoms with van der Waals surface area (Å²) in [5, 5.41) is 4.04. The lowest BCUT2D eigenvalue weighted by Gasteiger charge is -2.15. The summed E-state index contributed by atoms with van der Waals surface area (Å²) in [5.74, 6) is -0.339. The molecule has 0 radical (unpaired) electrons. The van der Waals surface area contributed by atoms with Gasteiger partial charge in [-0.2, -0.15) is 0 Å². The number of aromatic nitrogens is 2. The van der Waals surface area contributed by atoms with Crippen LogP contribution < -0.4 is 10.2 Å². The van der Waals surface area contributed by atoms with Crippen LogP contribution in [0.2, 0.25) is 0 Å². The summed E-state index contributed by atoms with van der Waals surface area (Å²) in [7, 11) is 3.63. The van der Waals surface area contributed by atoms with Crippen LogP contribution in [-0.2, 0) is 18.3 Å². The monoisotopic (exact) mass is 362 g/mol.